The summed E-state index contributed by atoms with van der Waals surface area (Å²) in [4.78, 5) is 24.1. The van der Waals surface area contributed by atoms with Crippen LogP contribution in [0.5, 0.6) is 0 Å². The first-order valence-corrected chi connectivity index (χ1v) is 8.95. The second kappa shape index (κ2) is 6.97. The zero-order valence-corrected chi connectivity index (χ0v) is 15.3. The summed E-state index contributed by atoms with van der Waals surface area (Å²) < 4.78 is 0. The molecule has 0 bridgehead atoms. The number of rotatable bonds is 3. The minimum atomic E-state index is -0.157. The molecule has 3 aromatic rings. The van der Waals surface area contributed by atoms with Crippen molar-refractivity contribution in [3.8, 4) is 0 Å². The van der Waals surface area contributed by atoms with Crippen molar-refractivity contribution in [1.82, 2.24) is 14.9 Å². The van der Waals surface area contributed by atoms with Crippen molar-refractivity contribution < 1.29 is 0 Å². The third kappa shape index (κ3) is 3.38. The molecule has 2 aromatic heterocycles. The van der Waals surface area contributed by atoms with Crippen molar-refractivity contribution in [2.75, 3.05) is 43.4 Å². The summed E-state index contributed by atoms with van der Waals surface area (Å²) >= 11 is 6.20. The van der Waals surface area contributed by atoms with Crippen LogP contribution in [0.4, 0.5) is 17.2 Å². The van der Waals surface area contributed by atoms with Gasteiger partial charge in [-0.25, -0.2) is 4.98 Å². The number of hydrogen-bond acceptors (Lipinski definition) is 5. The highest BCUT2D eigenvalue weighted by Crippen LogP contribution is 2.28. The Morgan fingerprint density at radius 3 is 2.69 bits per heavy atom. The lowest BCUT2D eigenvalue weighted by Gasteiger charge is -2.33. The van der Waals surface area contributed by atoms with Crippen molar-refractivity contribution in [3.05, 3.63) is 58.1 Å². The third-order valence-electron chi connectivity index (χ3n) is 4.72. The first kappa shape index (κ1) is 16.9. The molecule has 4 rings (SSSR count). The highest BCUT2D eigenvalue weighted by Gasteiger charge is 2.14. The number of H-pyrrole nitrogens is 1. The predicted molar refractivity (Wildman–Crippen MR) is 107 cm³/mol. The third-order valence-corrected chi connectivity index (χ3v) is 4.94. The van der Waals surface area contributed by atoms with Gasteiger partial charge in [-0.3, -0.25) is 4.79 Å². The molecule has 1 aromatic carbocycles. The summed E-state index contributed by atoms with van der Waals surface area (Å²) in [5, 5.41) is 5.15. The number of aromatic nitrogens is 2. The van der Waals surface area contributed by atoms with Gasteiger partial charge in [0.2, 0.25) is 0 Å². The van der Waals surface area contributed by atoms with Crippen molar-refractivity contribution in [3.63, 3.8) is 0 Å². The Labute approximate surface area is 156 Å². The summed E-state index contributed by atoms with van der Waals surface area (Å²) in [7, 11) is 2.14. The number of benzene rings is 1. The topological polar surface area (TPSA) is 64.3 Å². The summed E-state index contributed by atoms with van der Waals surface area (Å²) in [6.45, 7) is 4.10. The monoisotopic (exact) mass is 369 g/mol. The average Bonchev–Trinajstić information content (AvgIpc) is 2.63. The lowest BCUT2D eigenvalue weighted by atomic mass is 10.1. The molecule has 1 saturated heterocycles. The summed E-state index contributed by atoms with van der Waals surface area (Å²) in [6, 6.07) is 9.34. The van der Waals surface area contributed by atoms with Gasteiger partial charge in [-0.05, 0) is 42.8 Å². The van der Waals surface area contributed by atoms with Gasteiger partial charge in [0.15, 0.2) is 0 Å². The van der Waals surface area contributed by atoms with E-state index in [0.29, 0.717) is 21.9 Å². The van der Waals surface area contributed by atoms with Crippen LogP contribution in [0.15, 0.2) is 47.5 Å². The highest BCUT2D eigenvalue weighted by atomic mass is 35.5. The quantitative estimate of drug-likeness (QED) is 0.742. The van der Waals surface area contributed by atoms with Crippen molar-refractivity contribution >= 4 is 39.6 Å². The van der Waals surface area contributed by atoms with E-state index >= 15 is 0 Å². The van der Waals surface area contributed by atoms with Crippen LogP contribution in [0.3, 0.4) is 0 Å². The van der Waals surface area contributed by atoms with E-state index in [1.54, 1.807) is 18.3 Å². The van der Waals surface area contributed by atoms with Gasteiger partial charge in [-0.1, -0.05) is 11.6 Å². The smallest absolute Gasteiger partial charge is 0.257 e. The first-order chi connectivity index (χ1) is 12.6. The number of hydrogen-bond donors (Lipinski definition) is 2. The van der Waals surface area contributed by atoms with Crippen LogP contribution >= 0.6 is 11.6 Å². The van der Waals surface area contributed by atoms with Gasteiger partial charge in [0.25, 0.3) is 5.56 Å². The minimum absolute atomic E-state index is 0.157. The van der Waals surface area contributed by atoms with E-state index in [4.69, 9.17) is 11.6 Å². The minimum Gasteiger partial charge on any atom is -0.368 e. The Kier molecular flexibility index (Phi) is 4.53. The van der Waals surface area contributed by atoms with Crippen molar-refractivity contribution in [2.24, 2.45) is 0 Å². The van der Waals surface area contributed by atoms with E-state index in [1.807, 2.05) is 18.3 Å². The molecular weight excluding hydrogens is 350 g/mol. The second-order valence-electron chi connectivity index (χ2n) is 6.54. The molecular formula is C19H20ClN5O. The van der Waals surface area contributed by atoms with Crippen molar-refractivity contribution in [2.45, 2.75) is 0 Å². The Morgan fingerprint density at radius 2 is 1.96 bits per heavy atom. The SMILES string of the molecule is CN1CCN(c2ccc(Nc3cc(Cl)cc4cc[nH]c(=O)c34)nc2)CC1. The standard InChI is InChI=1S/C19H20ClN5O/c1-24-6-8-25(9-7-24)15-2-3-17(22-12-15)23-16-11-14(20)10-13-4-5-21-19(26)18(13)16/h2-5,10-12H,6-9H2,1H3,(H,21,26)(H,22,23). The molecule has 134 valence electrons. The molecule has 6 nitrogen and oxygen atoms in total. The molecule has 0 unspecified atom stereocenters. The zero-order chi connectivity index (χ0) is 18.1. The maximum atomic E-state index is 12.2. The lowest BCUT2D eigenvalue weighted by molar-refractivity contribution is 0.313. The molecule has 2 N–H and O–H groups in total. The maximum absolute atomic E-state index is 12.2. The van der Waals surface area contributed by atoms with Crippen LogP contribution in [0, 0.1) is 0 Å². The van der Waals surface area contributed by atoms with E-state index in [1.165, 1.54) is 0 Å². The van der Waals surface area contributed by atoms with Crippen molar-refractivity contribution in [1.29, 1.82) is 0 Å². The van der Waals surface area contributed by atoms with Crippen LogP contribution in [0.2, 0.25) is 5.02 Å². The van der Waals surface area contributed by atoms with Gasteiger partial charge in [0.1, 0.15) is 5.82 Å². The molecule has 1 aliphatic rings. The zero-order valence-electron chi connectivity index (χ0n) is 14.5. The van der Waals surface area contributed by atoms with E-state index < -0.39 is 0 Å². The Bertz CT molecular complexity index is 977. The molecule has 26 heavy (non-hydrogen) atoms. The molecule has 0 atom stereocenters. The molecule has 0 aliphatic carbocycles. The number of nitrogens with zero attached hydrogens (tertiary/aromatic N) is 3. The number of piperazine rings is 1. The molecule has 0 radical (unpaired) electrons. The van der Waals surface area contributed by atoms with Gasteiger partial charge in [-0.15, -0.1) is 0 Å². The Morgan fingerprint density at radius 1 is 1.15 bits per heavy atom. The summed E-state index contributed by atoms with van der Waals surface area (Å²) in [6.07, 6.45) is 3.48. The van der Waals surface area contributed by atoms with E-state index in [0.717, 1.165) is 37.3 Å². The van der Waals surface area contributed by atoms with E-state index in [9.17, 15) is 4.79 Å². The molecule has 1 aliphatic heterocycles. The molecule has 7 heteroatoms. The van der Waals surface area contributed by atoms with E-state index in [2.05, 4.69) is 38.2 Å². The number of halogens is 1. The number of likely N-dealkylation sites (N-methyl/N-ethyl adjacent to an activating group) is 1. The fourth-order valence-electron chi connectivity index (χ4n) is 3.24. The Hall–Kier alpha value is -2.57. The van der Waals surface area contributed by atoms with Gasteiger partial charge >= 0.3 is 0 Å². The number of pyridine rings is 2. The van der Waals surface area contributed by atoms with Crippen LogP contribution < -0.4 is 15.8 Å². The van der Waals surface area contributed by atoms with Crippen LogP contribution in [-0.2, 0) is 0 Å². The predicted octanol–water partition coefficient (Wildman–Crippen LogP) is 3.07. The fraction of sp³-hybridized carbons (Fsp3) is 0.263. The van der Waals surface area contributed by atoms with Gasteiger partial charge in [-0.2, -0.15) is 0 Å². The molecule has 0 saturated carbocycles. The largest absolute Gasteiger partial charge is 0.368 e. The number of anilines is 3. The first-order valence-electron chi connectivity index (χ1n) is 8.58. The van der Waals surface area contributed by atoms with Crippen LogP contribution in [0.25, 0.3) is 10.8 Å². The fourth-order valence-corrected chi connectivity index (χ4v) is 3.47. The van der Waals surface area contributed by atoms with Gasteiger partial charge in [0, 0.05) is 37.4 Å². The number of fused-ring (bicyclic) bond motifs is 1. The van der Waals surface area contributed by atoms with Crippen LogP contribution in [-0.4, -0.2) is 48.1 Å². The van der Waals surface area contributed by atoms with Gasteiger partial charge < -0.3 is 20.1 Å². The maximum Gasteiger partial charge on any atom is 0.257 e. The number of nitrogens with one attached hydrogen (secondary N) is 2. The molecule has 0 spiro atoms. The molecule has 1 fully saturated rings. The average molecular weight is 370 g/mol. The molecule has 0 amide bonds. The number of aromatic amines is 1. The van der Waals surface area contributed by atoms with E-state index in [-0.39, 0.29) is 5.56 Å². The summed E-state index contributed by atoms with van der Waals surface area (Å²) in [5.41, 5.74) is 1.60. The lowest BCUT2D eigenvalue weighted by Crippen LogP contribution is -2.44. The van der Waals surface area contributed by atoms with Crippen LogP contribution in [0.1, 0.15) is 0 Å². The Balaban J connectivity index is 1.60. The molecule has 3 heterocycles. The highest BCUT2D eigenvalue weighted by molar-refractivity contribution is 6.32. The normalized spacial score (nSPS) is 15.4. The summed E-state index contributed by atoms with van der Waals surface area (Å²) in [5.74, 6) is 0.676. The second-order valence-corrected chi connectivity index (χ2v) is 6.98. The van der Waals surface area contributed by atoms with Gasteiger partial charge in [0.05, 0.1) is 23.0 Å².